The Labute approximate surface area is 111 Å². The maximum Gasteiger partial charge on any atom is 0.244 e. The van der Waals surface area contributed by atoms with Crippen molar-refractivity contribution in [3.8, 4) is 0 Å². The van der Waals surface area contributed by atoms with Gasteiger partial charge in [0.15, 0.2) is 0 Å². The highest BCUT2D eigenvalue weighted by molar-refractivity contribution is 6.32. The average Bonchev–Trinajstić information content (AvgIpc) is 3.19. The van der Waals surface area contributed by atoms with Crippen molar-refractivity contribution in [3.05, 3.63) is 40.9 Å². The molecule has 96 valence electrons. The molecule has 0 heterocycles. The third-order valence-corrected chi connectivity index (χ3v) is 3.32. The fourth-order valence-electron chi connectivity index (χ4n) is 1.69. The van der Waals surface area contributed by atoms with Crippen molar-refractivity contribution in [1.82, 2.24) is 5.32 Å². The number of nitrogens with one attached hydrogen (secondary N) is 1. The Morgan fingerprint density at radius 3 is 2.89 bits per heavy atom. The molecule has 18 heavy (non-hydrogen) atoms. The normalized spacial score (nSPS) is 16.8. The molecule has 0 bridgehead atoms. The number of amides is 1. The summed E-state index contributed by atoms with van der Waals surface area (Å²) in [5.41, 5.74) is 0.803. The second-order valence-electron chi connectivity index (χ2n) is 4.50. The summed E-state index contributed by atoms with van der Waals surface area (Å²) in [7, 11) is 0. The minimum atomic E-state index is -0.414. The van der Waals surface area contributed by atoms with Crippen LogP contribution in [0.25, 0.3) is 6.08 Å². The SMILES string of the molecule is O=C(C=Cc1ccccc1Cl)NCC(O)C1CC1. The van der Waals surface area contributed by atoms with E-state index in [4.69, 9.17) is 11.6 Å². The second-order valence-corrected chi connectivity index (χ2v) is 4.91. The molecule has 0 spiro atoms. The van der Waals surface area contributed by atoms with E-state index < -0.39 is 6.10 Å². The standard InChI is InChI=1S/C14H16ClNO2/c15-12-4-2-1-3-10(12)7-8-14(18)16-9-13(17)11-5-6-11/h1-4,7-8,11,13,17H,5-6,9H2,(H,16,18). The molecule has 1 aromatic carbocycles. The molecule has 0 aromatic heterocycles. The molecular weight excluding hydrogens is 250 g/mol. The van der Waals surface area contributed by atoms with Gasteiger partial charge in [0.05, 0.1) is 6.10 Å². The number of hydrogen-bond donors (Lipinski definition) is 2. The van der Waals surface area contributed by atoms with Gasteiger partial charge in [-0.05, 0) is 36.5 Å². The monoisotopic (exact) mass is 265 g/mol. The number of rotatable bonds is 5. The summed E-state index contributed by atoms with van der Waals surface area (Å²) < 4.78 is 0. The van der Waals surface area contributed by atoms with Gasteiger partial charge in [-0.2, -0.15) is 0 Å². The number of aliphatic hydroxyl groups excluding tert-OH is 1. The van der Waals surface area contributed by atoms with Gasteiger partial charge in [-0.1, -0.05) is 29.8 Å². The molecule has 1 aromatic rings. The Hall–Kier alpha value is -1.32. The van der Waals surface area contributed by atoms with Crippen LogP contribution in [0.3, 0.4) is 0 Å². The van der Waals surface area contributed by atoms with Crippen molar-refractivity contribution in [2.24, 2.45) is 5.92 Å². The lowest BCUT2D eigenvalue weighted by atomic mass is 10.2. The lowest BCUT2D eigenvalue weighted by Gasteiger charge is -2.08. The second kappa shape index (κ2) is 6.03. The van der Waals surface area contributed by atoms with Crippen molar-refractivity contribution in [2.75, 3.05) is 6.54 Å². The predicted octanol–water partition coefficient (Wildman–Crippen LogP) is 2.24. The van der Waals surface area contributed by atoms with Gasteiger partial charge < -0.3 is 10.4 Å². The van der Waals surface area contributed by atoms with Gasteiger partial charge in [0.2, 0.25) is 5.91 Å². The molecule has 2 N–H and O–H groups in total. The van der Waals surface area contributed by atoms with E-state index in [1.807, 2.05) is 18.2 Å². The first-order valence-corrected chi connectivity index (χ1v) is 6.43. The molecule has 0 radical (unpaired) electrons. The van der Waals surface area contributed by atoms with E-state index in [0.29, 0.717) is 17.5 Å². The number of carbonyl (C=O) groups excluding carboxylic acids is 1. The smallest absolute Gasteiger partial charge is 0.244 e. The van der Waals surface area contributed by atoms with Gasteiger partial charge in [0.1, 0.15) is 0 Å². The minimum Gasteiger partial charge on any atom is -0.391 e. The summed E-state index contributed by atoms with van der Waals surface area (Å²) in [5.74, 6) is 0.160. The van der Waals surface area contributed by atoms with Crippen molar-refractivity contribution in [3.63, 3.8) is 0 Å². The molecular formula is C14H16ClNO2. The zero-order valence-corrected chi connectivity index (χ0v) is 10.7. The first-order valence-electron chi connectivity index (χ1n) is 6.05. The maximum absolute atomic E-state index is 11.5. The zero-order valence-electron chi connectivity index (χ0n) is 9.97. The summed E-state index contributed by atoms with van der Waals surface area (Å²) in [6.45, 7) is 0.316. The highest BCUT2D eigenvalue weighted by Crippen LogP contribution is 2.32. The Morgan fingerprint density at radius 1 is 1.50 bits per heavy atom. The van der Waals surface area contributed by atoms with Crippen LogP contribution in [0, 0.1) is 5.92 Å². The summed E-state index contributed by atoms with van der Waals surface area (Å²) >= 11 is 5.96. The van der Waals surface area contributed by atoms with Gasteiger partial charge in [-0.25, -0.2) is 0 Å². The molecule has 1 saturated carbocycles. The molecule has 1 atom stereocenters. The van der Waals surface area contributed by atoms with Crippen molar-refractivity contribution < 1.29 is 9.90 Å². The first kappa shape index (κ1) is 13.1. The van der Waals surface area contributed by atoms with Crippen molar-refractivity contribution in [1.29, 1.82) is 0 Å². The third-order valence-electron chi connectivity index (χ3n) is 2.97. The van der Waals surface area contributed by atoms with Crippen LogP contribution in [0.15, 0.2) is 30.3 Å². The van der Waals surface area contributed by atoms with E-state index in [1.165, 1.54) is 6.08 Å². The van der Waals surface area contributed by atoms with Crippen molar-refractivity contribution >= 4 is 23.6 Å². The van der Waals surface area contributed by atoms with E-state index in [9.17, 15) is 9.90 Å². The Kier molecular flexibility index (Phi) is 4.39. The van der Waals surface area contributed by atoms with Gasteiger partial charge in [0.25, 0.3) is 0 Å². The van der Waals surface area contributed by atoms with E-state index >= 15 is 0 Å². The third kappa shape index (κ3) is 3.86. The number of benzene rings is 1. The lowest BCUT2D eigenvalue weighted by Crippen LogP contribution is -2.31. The van der Waals surface area contributed by atoms with E-state index in [-0.39, 0.29) is 5.91 Å². The Balaban J connectivity index is 1.81. The Bertz CT molecular complexity index is 455. The van der Waals surface area contributed by atoms with Crippen LogP contribution >= 0.6 is 11.6 Å². The highest BCUT2D eigenvalue weighted by atomic mass is 35.5. The first-order chi connectivity index (χ1) is 8.66. The molecule has 1 unspecified atom stereocenters. The molecule has 2 rings (SSSR count). The number of aliphatic hydroxyl groups is 1. The highest BCUT2D eigenvalue weighted by Gasteiger charge is 2.29. The maximum atomic E-state index is 11.5. The quantitative estimate of drug-likeness (QED) is 0.802. The number of carbonyl (C=O) groups is 1. The molecule has 1 amide bonds. The van der Waals surface area contributed by atoms with Crippen LogP contribution in [0.2, 0.25) is 5.02 Å². The van der Waals surface area contributed by atoms with Gasteiger partial charge in [-0.15, -0.1) is 0 Å². The molecule has 0 saturated heterocycles. The fraction of sp³-hybridized carbons (Fsp3) is 0.357. The summed E-state index contributed by atoms with van der Waals surface area (Å²) in [5, 5.41) is 12.9. The number of hydrogen-bond acceptors (Lipinski definition) is 2. The summed E-state index contributed by atoms with van der Waals surface area (Å²) in [4.78, 5) is 11.5. The zero-order chi connectivity index (χ0) is 13.0. The average molecular weight is 266 g/mol. The molecule has 1 aliphatic rings. The van der Waals surface area contributed by atoms with Gasteiger partial charge >= 0.3 is 0 Å². The molecule has 0 aliphatic heterocycles. The van der Waals surface area contributed by atoms with E-state index in [2.05, 4.69) is 5.32 Å². The Morgan fingerprint density at radius 2 is 2.22 bits per heavy atom. The van der Waals surface area contributed by atoms with Crippen LogP contribution in [-0.2, 0) is 4.79 Å². The predicted molar refractivity (Wildman–Crippen MR) is 72.2 cm³/mol. The topological polar surface area (TPSA) is 49.3 Å². The van der Waals surface area contributed by atoms with Crippen LogP contribution in [-0.4, -0.2) is 23.7 Å². The van der Waals surface area contributed by atoms with Gasteiger partial charge in [0, 0.05) is 17.6 Å². The van der Waals surface area contributed by atoms with E-state index in [1.54, 1.807) is 12.1 Å². The largest absolute Gasteiger partial charge is 0.391 e. The molecule has 4 heteroatoms. The summed E-state index contributed by atoms with van der Waals surface area (Å²) in [6.07, 6.45) is 4.81. The number of halogens is 1. The van der Waals surface area contributed by atoms with Gasteiger partial charge in [-0.3, -0.25) is 4.79 Å². The molecule has 3 nitrogen and oxygen atoms in total. The minimum absolute atomic E-state index is 0.213. The molecule has 1 fully saturated rings. The van der Waals surface area contributed by atoms with E-state index in [0.717, 1.165) is 18.4 Å². The van der Waals surface area contributed by atoms with Crippen molar-refractivity contribution in [2.45, 2.75) is 18.9 Å². The van der Waals surface area contributed by atoms with Crippen LogP contribution < -0.4 is 5.32 Å². The molecule has 1 aliphatic carbocycles. The fourth-order valence-corrected chi connectivity index (χ4v) is 1.89. The van der Waals surface area contributed by atoms with Crippen LogP contribution in [0.5, 0.6) is 0 Å². The van der Waals surface area contributed by atoms with Crippen LogP contribution in [0.1, 0.15) is 18.4 Å². The summed E-state index contributed by atoms with van der Waals surface area (Å²) in [6, 6.07) is 7.31. The lowest BCUT2D eigenvalue weighted by molar-refractivity contribution is -0.116. The van der Waals surface area contributed by atoms with Crippen LogP contribution in [0.4, 0.5) is 0 Å².